The number of rotatable bonds is 0. The Kier molecular flexibility index (Phi) is 1.34. The summed E-state index contributed by atoms with van der Waals surface area (Å²) in [6.07, 6.45) is 0.738. The highest BCUT2D eigenvalue weighted by atomic mass is 16.6. The summed E-state index contributed by atoms with van der Waals surface area (Å²) in [5, 5.41) is 0. The Morgan fingerprint density at radius 2 is 1.65 bits per heavy atom. The molecule has 3 aliphatic rings. The van der Waals surface area contributed by atoms with Gasteiger partial charge < -0.3 is 9.47 Å². The molecule has 5 heteroatoms. The summed E-state index contributed by atoms with van der Waals surface area (Å²) in [6.45, 7) is 0. The van der Waals surface area contributed by atoms with Crippen LogP contribution in [0.25, 0.3) is 0 Å². The van der Waals surface area contributed by atoms with E-state index < -0.39 is 17.9 Å². The lowest BCUT2D eigenvalue weighted by molar-refractivity contribution is 0.0431. The zero-order valence-electron chi connectivity index (χ0n) is 8.56. The topological polar surface area (TPSA) is 69.7 Å². The third-order valence-electron chi connectivity index (χ3n) is 3.42. The van der Waals surface area contributed by atoms with Crippen molar-refractivity contribution in [2.24, 2.45) is 0 Å². The zero-order chi connectivity index (χ0) is 11.7. The molecule has 2 heterocycles. The van der Waals surface area contributed by atoms with Crippen molar-refractivity contribution < 1.29 is 23.9 Å². The highest BCUT2D eigenvalue weighted by molar-refractivity contribution is 6.16. The molecule has 84 valence electrons. The van der Waals surface area contributed by atoms with E-state index in [1.807, 2.05) is 0 Å². The SMILES string of the molecule is O=C1OC(=O)c2cc3c(cc21)C(=O)OC1CC31. The minimum absolute atomic E-state index is 0.0545. The van der Waals surface area contributed by atoms with Crippen molar-refractivity contribution in [2.45, 2.75) is 18.4 Å². The van der Waals surface area contributed by atoms with Crippen LogP contribution in [-0.4, -0.2) is 24.0 Å². The molecule has 2 unspecified atom stereocenters. The van der Waals surface area contributed by atoms with Crippen molar-refractivity contribution in [3.8, 4) is 0 Å². The van der Waals surface area contributed by atoms with Crippen LogP contribution in [0.2, 0.25) is 0 Å². The quantitative estimate of drug-likeness (QED) is 0.491. The molecule has 1 aromatic rings. The molecule has 1 fully saturated rings. The van der Waals surface area contributed by atoms with Gasteiger partial charge in [-0.05, 0) is 24.1 Å². The molecule has 0 aromatic heterocycles. The fourth-order valence-electron chi connectivity index (χ4n) is 2.46. The fourth-order valence-corrected chi connectivity index (χ4v) is 2.46. The van der Waals surface area contributed by atoms with E-state index in [0.29, 0.717) is 5.56 Å². The monoisotopic (exact) mass is 230 g/mol. The van der Waals surface area contributed by atoms with E-state index in [0.717, 1.165) is 12.0 Å². The number of ether oxygens (including phenoxy) is 2. The van der Waals surface area contributed by atoms with Crippen LogP contribution in [0.5, 0.6) is 0 Å². The first-order chi connectivity index (χ1) is 8.15. The van der Waals surface area contributed by atoms with Crippen molar-refractivity contribution in [2.75, 3.05) is 0 Å². The van der Waals surface area contributed by atoms with Crippen LogP contribution >= 0.6 is 0 Å². The van der Waals surface area contributed by atoms with E-state index in [9.17, 15) is 14.4 Å². The summed E-state index contributed by atoms with van der Waals surface area (Å²) in [7, 11) is 0. The van der Waals surface area contributed by atoms with Crippen molar-refractivity contribution in [1.29, 1.82) is 0 Å². The van der Waals surface area contributed by atoms with E-state index >= 15 is 0 Å². The van der Waals surface area contributed by atoms with Gasteiger partial charge in [-0.15, -0.1) is 0 Å². The number of hydrogen-bond acceptors (Lipinski definition) is 5. The highest BCUT2D eigenvalue weighted by Gasteiger charge is 2.49. The molecule has 0 bridgehead atoms. The minimum Gasteiger partial charge on any atom is -0.458 e. The normalized spacial score (nSPS) is 27.9. The van der Waals surface area contributed by atoms with Crippen LogP contribution in [0.1, 0.15) is 49.0 Å². The summed E-state index contributed by atoms with van der Waals surface area (Å²) in [6, 6.07) is 3.01. The molecule has 1 aromatic carbocycles. The smallest absolute Gasteiger partial charge is 0.346 e. The molecular weight excluding hydrogens is 224 g/mol. The second-order valence-corrected chi connectivity index (χ2v) is 4.45. The lowest BCUT2D eigenvalue weighted by atomic mass is 9.95. The molecule has 0 spiro atoms. The number of hydrogen-bond donors (Lipinski definition) is 0. The van der Waals surface area contributed by atoms with Crippen molar-refractivity contribution in [1.82, 2.24) is 0 Å². The zero-order valence-corrected chi connectivity index (χ0v) is 8.56. The lowest BCUT2D eigenvalue weighted by Crippen LogP contribution is -2.17. The second-order valence-electron chi connectivity index (χ2n) is 4.45. The number of fused-ring (bicyclic) bond motifs is 4. The first-order valence-corrected chi connectivity index (χ1v) is 5.30. The molecule has 17 heavy (non-hydrogen) atoms. The van der Waals surface area contributed by atoms with E-state index in [2.05, 4.69) is 4.74 Å². The fraction of sp³-hybridized carbons (Fsp3) is 0.250. The third kappa shape index (κ3) is 1.01. The number of benzene rings is 1. The van der Waals surface area contributed by atoms with Crippen LogP contribution in [-0.2, 0) is 9.47 Å². The first kappa shape index (κ1) is 8.92. The molecular formula is C12H6O5. The second kappa shape index (κ2) is 2.56. The highest BCUT2D eigenvalue weighted by Crippen LogP contribution is 2.49. The first-order valence-electron chi connectivity index (χ1n) is 5.30. The van der Waals surface area contributed by atoms with Crippen LogP contribution < -0.4 is 0 Å². The molecule has 4 rings (SSSR count). The number of cyclic esters (lactones) is 2. The Hall–Kier alpha value is -2.17. The van der Waals surface area contributed by atoms with Crippen LogP contribution in [0.4, 0.5) is 0 Å². The Morgan fingerprint density at radius 3 is 2.41 bits per heavy atom. The van der Waals surface area contributed by atoms with Gasteiger partial charge in [-0.25, -0.2) is 14.4 Å². The lowest BCUT2D eigenvalue weighted by Gasteiger charge is -2.15. The van der Waals surface area contributed by atoms with Gasteiger partial charge in [0, 0.05) is 5.92 Å². The van der Waals surface area contributed by atoms with Crippen molar-refractivity contribution in [3.05, 3.63) is 34.4 Å². The van der Waals surface area contributed by atoms with Gasteiger partial charge in [0.1, 0.15) is 6.10 Å². The maximum absolute atomic E-state index is 11.7. The van der Waals surface area contributed by atoms with E-state index in [1.54, 1.807) is 6.07 Å². The molecule has 0 radical (unpaired) electrons. The Bertz CT molecular complexity index is 616. The molecule has 1 saturated carbocycles. The van der Waals surface area contributed by atoms with Crippen LogP contribution in [0, 0.1) is 0 Å². The number of carbonyl (C=O) groups is 3. The average molecular weight is 230 g/mol. The maximum atomic E-state index is 11.7. The predicted molar refractivity (Wildman–Crippen MR) is 52.7 cm³/mol. The Morgan fingerprint density at radius 1 is 0.941 bits per heavy atom. The van der Waals surface area contributed by atoms with Crippen molar-refractivity contribution >= 4 is 17.9 Å². The van der Waals surface area contributed by atoms with E-state index in [4.69, 9.17) is 4.74 Å². The molecule has 2 aliphatic heterocycles. The summed E-state index contributed by atoms with van der Waals surface area (Å²) >= 11 is 0. The number of carbonyl (C=O) groups excluding carboxylic acids is 3. The van der Waals surface area contributed by atoms with E-state index in [1.165, 1.54) is 6.07 Å². The molecule has 0 saturated heterocycles. The number of esters is 3. The maximum Gasteiger partial charge on any atom is 0.346 e. The van der Waals surface area contributed by atoms with Crippen LogP contribution in [0.3, 0.4) is 0 Å². The van der Waals surface area contributed by atoms with Gasteiger partial charge in [0.25, 0.3) is 0 Å². The van der Waals surface area contributed by atoms with Gasteiger partial charge in [-0.2, -0.15) is 0 Å². The molecule has 0 N–H and O–H groups in total. The van der Waals surface area contributed by atoms with Gasteiger partial charge >= 0.3 is 17.9 Å². The summed E-state index contributed by atoms with van der Waals surface area (Å²) in [4.78, 5) is 34.4. The van der Waals surface area contributed by atoms with Gasteiger partial charge in [-0.1, -0.05) is 0 Å². The largest absolute Gasteiger partial charge is 0.458 e. The average Bonchev–Trinajstić information content (AvgIpc) is 3.01. The molecule has 5 nitrogen and oxygen atoms in total. The van der Waals surface area contributed by atoms with Gasteiger partial charge in [0.15, 0.2) is 0 Å². The minimum atomic E-state index is -0.696. The standard InChI is InChI=1S/C12H6O5/c13-10-6-2-8-7(11(14)17-12(8)15)1-4(6)5-3-9(5)16-10/h1-2,5,9H,3H2. The predicted octanol–water partition coefficient (Wildman–Crippen LogP) is 1.02. The molecule has 2 atom stereocenters. The summed E-state index contributed by atoms with van der Waals surface area (Å²) in [5.74, 6) is -1.58. The Balaban J connectivity index is 2.00. The van der Waals surface area contributed by atoms with E-state index in [-0.39, 0.29) is 23.1 Å². The van der Waals surface area contributed by atoms with Crippen LogP contribution in [0.15, 0.2) is 12.1 Å². The summed E-state index contributed by atoms with van der Waals surface area (Å²) < 4.78 is 9.64. The third-order valence-corrected chi connectivity index (χ3v) is 3.42. The van der Waals surface area contributed by atoms with Crippen molar-refractivity contribution in [3.63, 3.8) is 0 Å². The summed E-state index contributed by atoms with van der Waals surface area (Å²) in [5.41, 5.74) is 1.60. The van der Waals surface area contributed by atoms with Gasteiger partial charge in [0.05, 0.1) is 16.7 Å². The van der Waals surface area contributed by atoms with Gasteiger partial charge in [0.2, 0.25) is 0 Å². The molecule has 0 amide bonds. The Labute approximate surface area is 95.3 Å². The van der Waals surface area contributed by atoms with Gasteiger partial charge in [-0.3, -0.25) is 0 Å². The molecule has 1 aliphatic carbocycles.